The Morgan fingerprint density at radius 2 is 2.12 bits per heavy atom. The summed E-state index contributed by atoms with van der Waals surface area (Å²) in [4.78, 5) is 0. The molecule has 1 aliphatic rings. The molecule has 0 amide bonds. The van der Waals surface area contributed by atoms with Crippen LogP contribution in [0.5, 0.6) is 0 Å². The third kappa shape index (κ3) is 1.58. The number of nitrogens with one attached hydrogen (secondary N) is 1. The number of hydrogen-bond donors (Lipinski definition) is 2. The first-order valence-corrected chi connectivity index (χ1v) is 2.77. The van der Waals surface area contributed by atoms with Gasteiger partial charge in [-0.05, 0) is 23.8 Å². The van der Waals surface area contributed by atoms with Crippen LogP contribution in [0.3, 0.4) is 0 Å². The summed E-state index contributed by atoms with van der Waals surface area (Å²) in [7, 11) is 0. The lowest BCUT2D eigenvalue weighted by atomic mass is 9.96. The molecule has 3 heteroatoms. The van der Waals surface area contributed by atoms with E-state index in [-0.39, 0.29) is 11.0 Å². The third-order valence-corrected chi connectivity index (χ3v) is 1.56. The van der Waals surface area contributed by atoms with Crippen molar-refractivity contribution in [3.63, 3.8) is 0 Å². The van der Waals surface area contributed by atoms with Gasteiger partial charge < -0.3 is 11.1 Å². The molecule has 1 unspecified atom stereocenters. The molecule has 0 bridgehead atoms. The van der Waals surface area contributed by atoms with E-state index in [9.17, 15) is 0 Å². The van der Waals surface area contributed by atoms with Gasteiger partial charge in [-0.25, -0.2) is 0 Å². The lowest BCUT2D eigenvalue weighted by molar-refractivity contribution is 0.304. The lowest BCUT2D eigenvalue weighted by Crippen LogP contribution is -2.50. The molecule has 3 N–H and O–H groups in total. The molecule has 0 spiro atoms. The molecule has 0 saturated carbocycles. The van der Waals surface area contributed by atoms with E-state index in [0.29, 0.717) is 6.04 Å². The van der Waals surface area contributed by atoms with Gasteiger partial charge >= 0.3 is 0 Å². The summed E-state index contributed by atoms with van der Waals surface area (Å²) in [6.45, 7) is 4.31. The van der Waals surface area contributed by atoms with Crippen LogP contribution in [0.15, 0.2) is 0 Å². The minimum atomic E-state index is 0. The van der Waals surface area contributed by atoms with E-state index in [0.717, 1.165) is 19.0 Å². The SMILES string of the molecule is CC(N)C1CNC1.[SiH4]. The third-order valence-electron chi connectivity index (χ3n) is 1.56. The number of rotatable bonds is 1. The molecular formula is C5H16N2Si. The average molecular weight is 132 g/mol. The Bertz CT molecular complexity index is 61.4. The summed E-state index contributed by atoms with van der Waals surface area (Å²) in [6.07, 6.45) is 0. The van der Waals surface area contributed by atoms with Crippen LogP contribution in [0.1, 0.15) is 6.92 Å². The standard InChI is InChI=1S/C5H12N2.H4Si/c1-4(6)5-2-7-3-5;/h4-5,7H,2-3,6H2,1H3;1H4. The monoisotopic (exact) mass is 132 g/mol. The van der Waals surface area contributed by atoms with E-state index in [1.54, 1.807) is 0 Å². The van der Waals surface area contributed by atoms with Gasteiger partial charge in [-0.3, -0.25) is 0 Å². The highest BCUT2D eigenvalue weighted by molar-refractivity contribution is 5.75. The van der Waals surface area contributed by atoms with Crippen LogP contribution >= 0.6 is 0 Å². The van der Waals surface area contributed by atoms with Crippen LogP contribution in [0.25, 0.3) is 0 Å². The molecule has 0 aromatic heterocycles. The maximum Gasteiger partial charge on any atom is 0.00630 e. The van der Waals surface area contributed by atoms with Gasteiger partial charge in [0.2, 0.25) is 0 Å². The highest BCUT2D eigenvalue weighted by atomic mass is 28.1. The van der Waals surface area contributed by atoms with Crippen molar-refractivity contribution in [2.75, 3.05) is 13.1 Å². The zero-order valence-corrected chi connectivity index (χ0v) is 4.65. The average Bonchev–Trinajstić information content (AvgIpc) is 1.23. The van der Waals surface area contributed by atoms with Gasteiger partial charge in [-0.15, -0.1) is 0 Å². The molecule has 1 aliphatic heterocycles. The van der Waals surface area contributed by atoms with Gasteiger partial charge in [-0.2, -0.15) is 0 Å². The van der Waals surface area contributed by atoms with Gasteiger partial charge in [0.25, 0.3) is 0 Å². The fourth-order valence-electron chi connectivity index (χ4n) is 0.683. The van der Waals surface area contributed by atoms with Crippen LogP contribution in [-0.2, 0) is 0 Å². The van der Waals surface area contributed by atoms with Crippen LogP contribution in [-0.4, -0.2) is 30.1 Å². The van der Waals surface area contributed by atoms with Gasteiger partial charge in [0.05, 0.1) is 0 Å². The van der Waals surface area contributed by atoms with Crippen molar-refractivity contribution in [3.05, 3.63) is 0 Å². The van der Waals surface area contributed by atoms with E-state index in [2.05, 4.69) is 12.2 Å². The predicted octanol–water partition coefficient (Wildman–Crippen LogP) is -1.90. The molecule has 0 aromatic rings. The van der Waals surface area contributed by atoms with Crippen molar-refractivity contribution in [2.45, 2.75) is 13.0 Å². The fraction of sp³-hybridized carbons (Fsp3) is 1.00. The van der Waals surface area contributed by atoms with Crippen LogP contribution in [0.4, 0.5) is 0 Å². The van der Waals surface area contributed by atoms with Crippen molar-refractivity contribution < 1.29 is 0 Å². The molecule has 0 radical (unpaired) electrons. The molecule has 0 aliphatic carbocycles. The van der Waals surface area contributed by atoms with E-state index < -0.39 is 0 Å². The summed E-state index contributed by atoms with van der Waals surface area (Å²) in [6, 6.07) is 0.390. The maximum absolute atomic E-state index is 5.56. The van der Waals surface area contributed by atoms with Crippen molar-refractivity contribution in [2.24, 2.45) is 11.7 Å². The second-order valence-corrected chi connectivity index (χ2v) is 2.28. The quantitative estimate of drug-likeness (QED) is 0.409. The Kier molecular flexibility index (Phi) is 3.27. The first-order valence-electron chi connectivity index (χ1n) is 2.77. The summed E-state index contributed by atoms with van der Waals surface area (Å²) < 4.78 is 0. The molecule has 1 fully saturated rings. The minimum absolute atomic E-state index is 0. The number of nitrogens with two attached hydrogens (primary N) is 1. The van der Waals surface area contributed by atoms with Gasteiger partial charge in [0, 0.05) is 19.1 Å². The molecule has 50 valence electrons. The van der Waals surface area contributed by atoms with Crippen molar-refractivity contribution in [1.29, 1.82) is 0 Å². The Balaban J connectivity index is 0.000000490. The number of hydrogen-bond acceptors (Lipinski definition) is 2. The van der Waals surface area contributed by atoms with Crippen molar-refractivity contribution >= 4 is 11.0 Å². The molecule has 0 aromatic carbocycles. The highest BCUT2D eigenvalue weighted by Crippen LogP contribution is 2.04. The summed E-state index contributed by atoms with van der Waals surface area (Å²) >= 11 is 0. The van der Waals surface area contributed by atoms with Gasteiger partial charge in [0.1, 0.15) is 0 Å². The van der Waals surface area contributed by atoms with Crippen LogP contribution in [0, 0.1) is 5.92 Å². The molecule has 8 heavy (non-hydrogen) atoms. The molecule has 1 saturated heterocycles. The normalized spacial score (nSPS) is 23.2. The highest BCUT2D eigenvalue weighted by Gasteiger charge is 2.19. The molecule has 2 nitrogen and oxygen atoms in total. The second-order valence-electron chi connectivity index (χ2n) is 2.28. The van der Waals surface area contributed by atoms with E-state index in [4.69, 9.17) is 5.73 Å². The Morgan fingerprint density at radius 3 is 2.12 bits per heavy atom. The maximum atomic E-state index is 5.56. The Hall–Kier alpha value is 0.137. The van der Waals surface area contributed by atoms with Crippen LogP contribution in [0.2, 0.25) is 0 Å². The smallest absolute Gasteiger partial charge is 0.00630 e. The zero-order chi connectivity index (χ0) is 5.28. The Morgan fingerprint density at radius 1 is 1.62 bits per heavy atom. The first-order chi connectivity index (χ1) is 3.30. The summed E-state index contributed by atoms with van der Waals surface area (Å²) in [5.74, 6) is 0.750. The first kappa shape index (κ1) is 8.14. The Labute approximate surface area is 54.9 Å². The minimum Gasteiger partial charge on any atom is -0.328 e. The van der Waals surface area contributed by atoms with Crippen molar-refractivity contribution in [1.82, 2.24) is 5.32 Å². The molecular weight excluding hydrogens is 116 g/mol. The van der Waals surface area contributed by atoms with Gasteiger partial charge in [0.15, 0.2) is 0 Å². The molecule has 1 atom stereocenters. The second kappa shape index (κ2) is 3.22. The topological polar surface area (TPSA) is 38.0 Å². The van der Waals surface area contributed by atoms with Crippen LogP contribution < -0.4 is 11.1 Å². The largest absolute Gasteiger partial charge is 0.328 e. The summed E-state index contributed by atoms with van der Waals surface area (Å²) in [5, 5.41) is 3.16. The fourth-order valence-corrected chi connectivity index (χ4v) is 0.683. The van der Waals surface area contributed by atoms with E-state index in [1.807, 2.05) is 0 Å². The zero-order valence-electron chi connectivity index (χ0n) is 4.65. The van der Waals surface area contributed by atoms with E-state index in [1.165, 1.54) is 0 Å². The molecule has 1 heterocycles. The van der Waals surface area contributed by atoms with Gasteiger partial charge in [-0.1, -0.05) is 0 Å². The molecule has 1 rings (SSSR count). The van der Waals surface area contributed by atoms with E-state index >= 15 is 0 Å². The van der Waals surface area contributed by atoms with Crippen molar-refractivity contribution in [3.8, 4) is 0 Å². The lowest BCUT2D eigenvalue weighted by Gasteiger charge is -2.30. The summed E-state index contributed by atoms with van der Waals surface area (Å²) in [5.41, 5.74) is 5.56. The predicted molar refractivity (Wildman–Crippen MR) is 41.3 cm³/mol.